The fourth-order valence-electron chi connectivity index (χ4n) is 4.42. The van der Waals surface area contributed by atoms with E-state index in [2.05, 4.69) is 52.0 Å². The van der Waals surface area contributed by atoms with Crippen LogP contribution >= 0.6 is 11.3 Å². The quantitative estimate of drug-likeness (QED) is 0.427. The number of nitrogens with zero attached hydrogens (tertiary/aromatic N) is 3. The fraction of sp³-hybridized carbons (Fsp3) is 0.333. The first kappa shape index (κ1) is 19.1. The SMILES string of the molecule is Cc1cc(-c2ncnc3[nH]ccc23)ccc1C(C)CC(=O)c1nc2c(s1)CCCC2. The number of Topliss-reactive ketones (excluding diaryl/α,β-unsaturated/α-hetero) is 1. The molecule has 6 heteroatoms. The molecule has 0 amide bonds. The monoisotopic (exact) mass is 416 g/mol. The smallest absolute Gasteiger partial charge is 0.191 e. The van der Waals surface area contributed by atoms with Gasteiger partial charge in [-0.1, -0.05) is 19.1 Å². The van der Waals surface area contributed by atoms with Crippen molar-refractivity contribution in [1.29, 1.82) is 0 Å². The molecule has 0 saturated heterocycles. The van der Waals surface area contributed by atoms with Crippen LogP contribution in [0.25, 0.3) is 22.3 Å². The summed E-state index contributed by atoms with van der Waals surface area (Å²) >= 11 is 1.61. The van der Waals surface area contributed by atoms with Crippen LogP contribution in [0, 0.1) is 6.92 Å². The molecule has 0 radical (unpaired) electrons. The van der Waals surface area contributed by atoms with Gasteiger partial charge in [-0.05, 0) is 61.8 Å². The molecule has 3 heterocycles. The van der Waals surface area contributed by atoms with Gasteiger partial charge in [0.05, 0.1) is 11.4 Å². The van der Waals surface area contributed by atoms with Crippen molar-refractivity contribution in [3.63, 3.8) is 0 Å². The molecule has 1 N–H and O–H groups in total. The molecule has 1 aliphatic rings. The van der Waals surface area contributed by atoms with Gasteiger partial charge in [0.15, 0.2) is 10.8 Å². The molecule has 3 aromatic heterocycles. The lowest BCUT2D eigenvalue weighted by Crippen LogP contribution is -2.06. The number of fused-ring (bicyclic) bond motifs is 2. The van der Waals surface area contributed by atoms with E-state index in [1.165, 1.54) is 28.8 Å². The Labute approximate surface area is 179 Å². The molecule has 1 aromatic carbocycles. The number of ketones is 1. The van der Waals surface area contributed by atoms with Gasteiger partial charge in [0.1, 0.15) is 12.0 Å². The summed E-state index contributed by atoms with van der Waals surface area (Å²) in [4.78, 5) is 30.8. The lowest BCUT2D eigenvalue weighted by atomic mass is 9.90. The number of nitrogens with one attached hydrogen (secondary N) is 1. The summed E-state index contributed by atoms with van der Waals surface area (Å²) in [6.07, 6.45) is 8.46. The maximum Gasteiger partial charge on any atom is 0.191 e. The van der Waals surface area contributed by atoms with Crippen LogP contribution in [0.5, 0.6) is 0 Å². The highest BCUT2D eigenvalue weighted by atomic mass is 32.1. The van der Waals surface area contributed by atoms with Crippen molar-refractivity contribution in [2.24, 2.45) is 0 Å². The Morgan fingerprint density at radius 3 is 2.90 bits per heavy atom. The largest absolute Gasteiger partial charge is 0.346 e. The second kappa shape index (κ2) is 7.76. The first-order chi connectivity index (χ1) is 14.6. The van der Waals surface area contributed by atoms with Crippen molar-refractivity contribution in [2.75, 3.05) is 0 Å². The average Bonchev–Trinajstić information content (AvgIpc) is 3.40. The zero-order valence-corrected chi connectivity index (χ0v) is 18.1. The highest BCUT2D eigenvalue weighted by molar-refractivity contribution is 7.13. The third-order valence-corrected chi connectivity index (χ3v) is 7.20. The third-order valence-electron chi connectivity index (χ3n) is 6.00. The van der Waals surface area contributed by atoms with Crippen molar-refractivity contribution in [3.05, 3.63) is 63.5 Å². The molecule has 0 aliphatic heterocycles. The zero-order chi connectivity index (χ0) is 20.7. The van der Waals surface area contributed by atoms with Gasteiger partial charge >= 0.3 is 0 Å². The maximum atomic E-state index is 12.9. The highest BCUT2D eigenvalue weighted by Gasteiger charge is 2.22. The Balaban J connectivity index is 1.37. The molecule has 5 rings (SSSR count). The molecule has 152 valence electrons. The number of benzene rings is 1. The number of thiazole rings is 1. The minimum Gasteiger partial charge on any atom is -0.346 e. The minimum absolute atomic E-state index is 0.144. The molecular weight excluding hydrogens is 392 g/mol. The van der Waals surface area contributed by atoms with Crippen LogP contribution in [0.4, 0.5) is 0 Å². The summed E-state index contributed by atoms with van der Waals surface area (Å²) in [6.45, 7) is 4.24. The number of aryl methyl sites for hydroxylation is 3. The van der Waals surface area contributed by atoms with Crippen molar-refractivity contribution in [1.82, 2.24) is 19.9 Å². The van der Waals surface area contributed by atoms with E-state index in [0.717, 1.165) is 40.8 Å². The number of hydrogen-bond acceptors (Lipinski definition) is 5. The van der Waals surface area contributed by atoms with E-state index in [9.17, 15) is 4.79 Å². The van der Waals surface area contributed by atoms with E-state index >= 15 is 0 Å². The molecular formula is C24H24N4OS. The normalized spacial score (nSPS) is 14.6. The lowest BCUT2D eigenvalue weighted by Gasteiger charge is -2.15. The average molecular weight is 417 g/mol. The molecule has 0 spiro atoms. The molecule has 0 saturated carbocycles. The van der Waals surface area contributed by atoms with Crippen molar-refractivity contribution in [3.8, 4) is 11.3 Å². The first-order valence-corrected chi connectivity index (χ1v) is 11.3. The third kappa shape index (κ3) is 3.45. The van der Waals surface area contributed by atoms with Crippen molar-refractivity contribution >= 4 is 28.2 Å². The van der Waals surface area contributed by atoms with Crippen molar-refractivity contribution < 1.29 is 4.79 Å². The Hall–Kier alpha value is -2.86. The van der Waals surface area contributed by atoms with Gasteiger partial charge in [-0.2, -0.15) is 0 Å². The maximum absolute atomic E-state index is 12.9. The second-order valence-corrected chi connectivity index (χ2v) is 9.24. The van der Waals surface area contributed by atoms with E-state index in [0.29, 0.717) is 11.4 Å². The van der Waals surface area contributed by atoms with E-state index in [1.807, 2.05) is 12.3 Å². The van der Waals surface area contributed by atoms with Crippen LogP contribution in [-0.2, 0) is 12.8 Å². The van der Waals surface area contributed by atoms with Gasteiger partial charge in [0.25, 0.3) is 0 Å². The van der Waals surface area contributed by atoms with Crippen LogP contribution in [0.1, 0.15) is 63.6 Å². The molecule has 0 bridgehead atoms. The fourth-order valence-corrected chi connectivity index (χ4v) is 5.52. The number of carbonyl (C=O) groups is 1. The predicted molar refractivity (Wildman–Crippen MR) is 120 cm³/mol. The van der Waals surface area contributed by atoms with E-state index < -0.39 is 0 Å². The summed E-state index contributed by atoms with van der Waals surface area (Å²) in [7, 11) is 0. The number of aromatic nitrogens is 4. The lowest BCUT2D eigenvalue weighted by molar-refractivity contribution is 0.0975. The molecule has 1 aliphatic carbocycles. The summed E-state index contributed by atoms with van der Waals surface area (Å²) in [6, 6.07) is 8.40. The van der Waals surface area contributed by atoms with E-state index in [-0.39, 0.29) is 11.7 Å². The van der Waals surface area contributed by atoms with Gasteiger partial charge in [-0.3, -0.25) is 4.79 Å². The summed E-state index contributed by atoms with van der Waals surface area (Å²) in [5.74, 6) is 0.306. The molecule has 30 heavy (non-hydrogen) atoms. The van der Waals surface area contributed by atoms with Crippen LogP contribution in [0.2, 0.25) is 0 Å². The topological polar surface area (TPSA) is 71.5 Å². The molecule has 1 atom stereocenters. The standard InChI is InChI=1S/C24H24N4OS/c1-14-11-16(22-18-9-10-25-23(18)27-13-26-22)7-8-17(14)15(2)12-20(29)24-28-19-5-3-4-6-21(19)30-24/h7-11,13,15H,3-6,12H2,1-2H3,(H,25,26,27). The van der Waals surface area contributed by atoms with Crippen LogP contribution in [-0.4, -0.2) is 25.7 Å². The number of aromatic amines is 1. The predicted octanol–water partition coefficient (Wildman–Crippen LogP) is 5.65. The Kier molecular flexibility index (Phi) is 4.95. The van der Waals surface area contributed by atoms with Gasteiger partial charge in [-0.15, -0.1) is 11.3 Å². The number of rotatable bonds is 5. The summed E-state index contributed by atoms with van der Waals surface area (Å²) < 4.78 is 0. The Morgan fingerprint density at radius 2 is 2.07 bits per heavy atom. The minimum atomic E-state index is 0.144. The molecule has 4 aromatic rings. The van der Waals surface area contributed by atoms with Gasteiger partial charge in [0, 0.05) is 28.4 Å². The number of carbonyl (C=O) groups excluding carboxylic acids is 1. The van der Waals surface area contributed by atoms with E-state index in [4.69, 9.17) is 0 Å². The Bertz CT molecular complexity index is 1220. The highest BCUT2D eigenvalue weighted by Crippen LogP contribution is 2.32. The molecule has 5 nitrogen and oxygen atoms in total. The first-order valence-electron chi connectivity index (χ1n) is 10.5. The summed E-state index contributed by atoms with van der Waals surface area (Å²) in [5, 5.41) is 1.71. The van der Waals surface area contributed by atoms with Crippen LogP contribution in [0.3, 0.4) is 0 Å². The van der Waals surface area contributed by atoms with Gasteiger partial charge in [-0.25, -0.2) is 15.0 Å². The van der Waals surface area contributed by atoms with E-state index in [1.54, 1.807) is 17.7 Å². The van der Waals surface area contributed by atoms with Crippen LogP contribution < -0.4 is 0 Å². The summed E-state index contributed by atoms with van der Waals surface area (Å²) in [5.41, 5.74) is 6.36. The number of hydrogen-bond donors (Lipinski definition) is 1. The molecule has 1 unspecified atom stereocenters. The Morgan fingerprint density at radius 1 is 1.20 bits per heavy atom. The second-order valence-electron chi connectivity index (χ2n) is 8.16. The number of H-pyrrole nitrogens is 1. The van der Waals surface area contributed by atoms with Gasteiger partial charge in [0.2, 0.25) is 0 Å². The van der Waals surface area contributed by atoms with Crippen LogP contribution in [0.15, 0.2) is 36.8 Å². The van der Waals surface area contributed by atoms with Crippen molar-refractivity contribution in [2.45, 2.75) is 51.9 Å². The molecule has 0 fully saturated rings. The van der Waals surface area contributed by atoms with Gasteiger partial charge < -0.3 is 4.98 Å². The zero-order valence-electron chi connectivity index (χ0n) is 17.2.